The highest BCUT2D eigenvalue weighted by Crippen LogP contribution is 2.49. The molecule has 184 valence electrons. The number of rotatable bonds is 6. The molecule has 2 aliphatic heterocycles. The molecule has 3 aromatic heterocycles. The molecule has 0 bridgehead atoms. The zero-order valence-electron chi connectivity index (χ0n) is 20.4. The van der Waals surface area contributed by atoms with Crippen molar-refractivity contribution in [1.82, 2.24) is 25.0 Å². The Labute approximate surface area is 208 Å². The van der Waals surface area contributed by atoms with Crippen LogP contribution >= 0.6 is 0 Å². The van der Waals surface area contributed by atoms with Crippen LogP contribution in [0, 0.1) is 19.8 Å². The van der Waals surface area contributed by atoms with Crippen LogP contribution in [0.4, 0.5) is 5.95 Å². The fraction of sp³-hybridized carbons (Fsp3) is 0.407. The summed E-state index contributed by atoms with van der Waals surface area (Å²) in [6.45, 7) is 6.11. The van der Waals surface area contributed by atoms with Gasteiger partial charge in [0.05, 0.1) is 22.5 Å². The molecule has 0 spiro atoms. The molecule has 1 saturated carbocycles. The Hall–Kier alpha value is -3.88. The molecule has 1 aromatic carbocycles. The van der Waals surface area contributed by atoms with Gasteiger partial charge in [-0.2, -0.15) is 0 Å². The van der Waals surface area contributed by atoms with E-state index in [2.05, 4.69) is 37.1 Å². The maximum atomic E-state index is 11.2. The molecule has 9 nitrogen and oxygen atoms in total. The molecule has 0 unspecified atom stereocenters. The maximum Gasteiger partial charge on any atom is 0.207 e. The van der Waals surface area contributed by atoms with E-state index in [1.54, 1.807) is 0 Å². The first-order valence-electron chi connectivity index (χ1n) is 12.6. The van der Waals surface area contributed by atoms with E-state index in [1.165, 1.54) is 0 Å². The van der Waals surface area contributed by atoms with Gasteiger partial charge in [-0.05, 0) is 57.4 Å². The number of nitrogens with zero attached hydrogens (tertiary/aromatic N) is 5. The summed E-state index contributed by atoms with van der Waals surface area (Å²) in [5.41, 5.74) is 5.54. The Balaban J connectivity index is 1.39. The number of pyridine rings is 1. The zero-order chi connectivity index (χ0) is 24.4. The van der Waals surface area contributed by atoms with Gasteiger partial charge in [0, 0.05) is 36.3 Å². The van der Waals surface area contributed by atoms with Crippen molar-refractivity contribution >= 4 is 23.4 Å². The predicted molar refractivity (Wildman–Crippen MR) is 134 cm³/mol. The number of imidazole rings is 1. The molecule has 36 heavy (non-hydrogen) atoms. The molecular formula is C27H28N6O3. The molecule has 9 heteroatoms. The zero-order valence-corrected chi connectivity index (χ0v) is 20.4. The van der Waals surface area contributed by atoms with Crippen LogP contribution in [0.5, 0.6) is 5.75 Å². The van der Waals surface area contributed by atoms with Crippen LogP contribution in [0.3, 0.4) is 0 Å². The van der Waals surface area contributed by atoms with Crippen LogP contribution in [-0.2, 0) is 4.79 Å². The Morgan fingerprint density at radius 1 is 1.19 bits per heavy atom. The predicted octanol–water partition coefficient (Wildman–Crippen LogP) is 3.79. The second-order valence-electron chi connectivity index (χ2n) is 10.2. The quantitative estimate of drug-likeness (QED) is 0.416. The van der Waals surface area contributed by atoms with E-state index in [0.29, 0.717) is 12.5 Å². The number of hydrogen-bond acceptors (Lipinski definition) is 7. The van der Waals surface area contributed by atoms with Gasteiger partial charge in [0.1, 0.15) is 23.9 Å². The average molecular weight is 485 g/mol. The van der Waals surface area contributed by atoms with Gasteiger partial charge in [-0.1, -0.05) is 11.2 Å². The molecule has 2 fully saturated rings. The number of carbonyl (C=O) groups is 1. The third-order valence-electron chi connectivity index (χ3n) is 8.20. The summed E-state index contributed by atoms with van der Waals surface area (Å²) in [6.07, 6.45) is 5.82. The van der Waals surface area contributed by atoms with Gasteiger partial charge in [-0.15, -0.1) is 0 Å². The van der Waals surface area contributed by atoms with Gasteiger partial charge in [0.2, 0.25) is 12.4 Å². The van der Waals surface area contributed by atoms with Crippen molar-refractivity contribution in [3.8, 4) is 16.9 Å². The fourth-order valence-electron chi connectivity index (χ4n) is 6.22. The number of carbonyl (C=O) groups excluding carboxylic acids is 1. The Morgan fingerprint density at radius 2 is 2.08 bits per heavy atom. The van der Waals surface area contributed by atoms with Crippen molar-refractivity contribution in [3.63, 3.8) is 0 Å². The topological polar surface area (TPSA) is 98.3 Å². The van der Waals surface area contributed by atoms with Crippen LogP contribution in [0.1, 0.15) is 42.5 Å². The third kappa shape index (κ3) is 3.08. The molecule has 7 rings (SSSR count). The Morgan fingerprint density at radius 3 is 2.81 bits per heavy atom. The summed E-state index contributed by atoms with van der Waals surface area (Å²) in [7, 11) is 0. The molecule has 5 heterocycles. The molecule has 1 aliphatic carbocycles. The van der Waals surface area contributed by atoms with Crippen molar-refractivity contribution in [1.29, 1.82) is 0 Å². The Bertz CT molecular complexity index is 1450. The Kier molecular flexibility index (Phi) is 4.64. The van der Waals surface area contributed by atoms with E-state index in [1.807, 2.05) is 38.2 Å². The number of hydrogen-bond donors (Lipinski definition) is 1. The average Bonchev–Trinajstić information content (AvgIpc) is 3.20. The van der Waals surface area contributed by atoms with Crippen molar-refractivity contribution < 1.29 is 14.1 Å². The largest absolute Gasteiger partial charge is 0.488 e. The number of amides is 1. The SMILES string of the molecule is Cc1noc(C)c1-c1ccc2nc(N3CC[C@@H](C4(NC=O)CC4)C3)n3c2c1OC[C@@H]3c1ccccn1. The number of ether oxygens (including phenoxy) is 1. The number of aromatic nitrogens is 4. The molecule has 0 radical (unpaired) electrons. The number of nitrogens with one attached hydrogen (secondary N) is 1. The van der Waals surface area contributed by atoms with Crippen molar-refractivity contribution in [2.45, 2.75) is 44.7 Å². The lowest BCUT2D eigenvalue weighted by molar-refractivity contribution is -0.110. The highest BCUT2D eigenvalue weighted by Gasteiger charge is 2.51. The smallest absolute Gasteiger partial charge is 0.207 e. The minimum atomic E-state index is -0.0966. The summed E-state index contributed by atoms with van der Waals surface area (Å²) in [5.74, 6) is 2.93. The van der Waals surface area contributed by atoms with Gasteiger partial charge >= 0.3 is 0 Å². The number of benzene rings is 1. The number of aryl methyl sites for hydroxylation is 2. The highest BCUT2D eigenvalue weighted by atomic mass is 16.5. The first-order valence-corrected chi connectivity index (χ1v) is 12.6. The molecule has 4 aromatic rings. The molecular weight excluding hydrogens is 456 g/mol. The van der Waals surface area contributed by atoms with E-state index in [-0.39, 0.29) is 11.6 Å². The molecule has 1 N–H and O–H groups in total. The maximum absolute atomic E-state index is 11.2. The molecule has 3 aliphatic rings. The lowest BCUT2D eigenvalue weighted by Crippen LogP contribution is -2.39. The summed E-state index contributed by atoms with van der Waals surface area (Å²) < 4.78 is 14.3. The van der Waals surface area contributed by atoms with Gasteiger partial charge in [-0.25, -0.2) is 4.98 Å². The van der Waals surface area contributed by atoms with Crippen molar-refractivity contribution in [2.75, 3.05) is 24.6 Å². The second-order valence-corrected chi connectivity index (χ2v) is 10.2. The van der Waals surface area contributed by atoms with E-state index in [4.69, 9.17) is 14.2 Å². The normalized spacial score (nSPS) is 22.0. The highest BCUT2D eigenvalue weighted by molar-refractivity contribution is 5.94. The lowest BCUT2D eigenvalue weighted by Gasteiger charge is -2.30. The summed E-state index contributed by atoms with van der Waals surface area (Å²) in [6, 6.07) is 10.0. The van der Waals surface area contributed by atoms with Crippen LogP contribution in [0.25, 0.3) is 22.2 Å². The third-order valence-corrected chi connectivity index (χ3v) is 8.20. The van der Waals surface area contributed by atoms with E-state index in [0.717, 1.165) is 89.8 Å². The van der Waals surface area contributed by atoms with Gasteiger partial charge in [0.25, 0.3) is 0 Å². The van der Waals surface area contributed by atoms with Crippen molar-refractivity contribution in [2.24, 2.45) is 5.92 Å². The minimum absolute atomic E-state index is 0.0461. The van der Waals surface area contributed by atoms with E-state index >= 15 is 0 Å². The van der Waals surface area contributed by atoms with Gasteiger partial charge in [0.15, 0.2) is 5.75 Å². The van der Waals surface area contributed by atoms with Gasteiger partial charge in [-0.3, -0.25) is 14.3 Å². The first-order chi connectivity index (χ1) is 17.6. The van der Waals surface area contributed by atoms with Crippen LogP contribution in [-0.4, -0.2) is 51.3 Å². The first kappa shape index (κ1) is 21.4. The van der Waals surface area contributed by atoms with Crippen LogP contribution in [0.15, 0.2) is 41.1 Å². The van der Waals surface area contributed by atoms with Crippen LogP contribution in [0.2, 0.25) is 0 Å². The van der Waals surface area contributed by atoms with Crippen LogP contribution < -0.4 is 15.0 Å². The molecule has 1 amide bonds. The lowest BCUT2D eigenvalue weighted by atomic mass is 9.97. The summed E-state index contributed by atoms with van der Waals surface area (Å²) in [5, 5.41) is 7.28. The number of anilines is 1. The van der Waals surface area contributed by atoms with Crippen molar-refractivity contribution in [3.05, 3.63) is 53.7 Å². The molecule has 2 atom stereocenters. The van der Waals surface area contributed by atoms with E-state index < -0.39 is 0 Å². The standard InChI is InChI=1S/C27H28N6O3/c1-16-23(17(2)36-31-16)19-6-7-21-24-25(19)35-14-22(20-5-3-4-11-28-20)33(24)26(30-21)32-12-8-18(13-32)27(9-10-27)29-15-34/h3-7,11,15,18,22H,8-10,12-14H2,1-2H3,(H,29,34)/t18-,22-/m1/s1. The van der Waals surface area contributed by atoms with E-state index in [9.17, 15) is 4.79 Å². The fourth-order valence-corrected chi connectivity index (χ4v) is 6.22. The monoisotopic (exact) mass is 484 g/mol. The second kappa shape index (κ2) is 7.81. The summed E-state index contributed by atoms with van der Waals surface area (Å²) in [4.78, 5) is 23.4. The van der Waals surface area contributed by atoms with Gasteiger partial charge < -0.3 is 19.5 Å². The summed E-state index contributed by atoms with van der Waals surface area (Å²) >= 11 is 0. The molecule has 1 saturated heterocycles. The minimum Gasteiger partial charge on any atom is -0.488 e.